The Labute approximate surface area is 125 Å². The molecule has 0 aliphatic carbocycles. The van der Waals surface area contributed by atoms with Crippen LogP contribution in [0.4, 0.5) is 0 Å². The molecule has 2 aromatic rings. The van der Waals surface area contributed by atoms with Gasteiger partial charge in [0.1, 0.15) is 17.1 Å². The van der Waals surface area contributed by atoms with E-state index in [2.05, 4.69) is 9.97 Å². The van der Waals surface area contributed by atoms with Gasteiger partial charge in [-0.3, -0.25) is 4.79 Å². The number of nitrogens with one attached hydrogen (secondary N) is 1. The first-order valence-electron chi connectivity index (χ1n) is 6.18. The number of rotatable bonds is 5. The summed E-state index contributed by atoms with van der Waals surface area (Å²) in [6.07, 6.45) is 1.40. The average Bonchev–Trinajstić information content (AvgIpc) is 2.42. The first kappa shape index (κ1) is 15.1. The van der Waals surface area contributed by atoms with E-state index in [4.69, 9.17) is 21.4 Å². The average molecular weight is 309 g/mol. The van der Waals surface area contributed by atoms with Crippen LogP contribution < -0.4 is 10.3 Å². The van der Waals surface area contributed by atoms with Crippen LogP contribution in [0, 0.1) is 6.92 Å². The lowest BCUT2D eigenvalue weighted by atomic mass is 10.2. The van der Waals surface area contributed by atoms with Crippen LogP contribution in [0.1, 0.15) is 21.7 Å². The van der Waals surface area contributed by atoms with Crippen LogP contribution in [0.3, 0.4) is 0 Å². The Morgan fingerprint density at radius 3 is 2.86 bits per heavy atom. The van der Waals surface area contributed by atoms with E-state index in [9.17, 15) is 9.59 Å². The van der Waals surface area contributed by atoms with E-state index in [1.165, 1.54) is 0 Å². The number of halogens is 1. The predicted molar refractivity (Wildman–Crippen MR) is 77.2 cm³/mol. The van der Waals surface area contributed by atoms with Crippen molar-refractivity contribution in [2.45, 2.75) is 13.3 Å². The lowest BCUT2D eigenvalue weighted by Crippen LogP contribution is -2.21. The molecule has 2 rings (SSSR count). The highest BCUT2D eigenvalue weighted by Crippen LogP contribution is 2.20. The third kappa shape index (κ3) is 3.82. The number of aryl methyl sites for hydroxylation is 1. The minimum atomic E-state index is -1.30. The first-order valence-corrected chi connectivity index (χ1v) is 6.55. The van der Waals surface area contributed by atoms with Crippen LogP contribution in [0.25, 0.3) is 0 Å². The molecule has 0 saturated heterocycles. The Bertz CT molecular complexity index is 727. The second-order valence-corrected chi connectivity index (χ2v) is 4.79. The van der Waals surface area contributed by atoms with Crippen molar-refractivity contribution in [3.05, 3.63) is 56.7 Å². The number of nitrogens with zero attached hydrogens (tertiary/aromatic N) is 1. The third-order valence-corrected chi connectivity index (χ3v) is 3.24. The number of carboxylic acid groups (broad SMARTS) is 1. The van der Waals surface area contributed by atoms with Crippen LogP contribution in [0.15, 0.2) is 29.2 Å². The Morgan fingerprint density at radius 2 is 2.24 bits per heavy atom. The van der Waals surface area contributed by atoms with Crippen molar-refractivity contribution in [2.75, 3.05) is 6.61 Å². The van der Waals surface area contributed by atoms with E-state index < -0.39 is 11.5 Å². The van der Waals surface area contributed by atoms with Gasteiger partial charge in [0.15, 0.2) is 0 Å². The highest BCUT2D eigenvalue weighted by molar-refractivity contribution is 6.31. The summed E-state index contributed by atoms with van der Waals surface area (Å²) in [5.41, 5.74) is -0.144. The molecule has 2 N–H and O–H groups in total. The van der Waals surface area contributed by atoms with Gasteiger partial charge in [-0.2, -0.15) is 0 Å². The zero-order valence-corrected chi connectivity index (χ0v) is 12.0. The molecule has 1 aromatic heterocycles. The molecule has 0 amide bonds. The zero-order chi connectivity index (χ0) is 15.4. The summed E-state index contributed by atoms with van der Waals surface area (Å²) in [5.74, 6) is -0.264. The van der Waals surface area contributed by atoms with E-state index in [-0.39, 0.29) is 5.56 Å². The van der Waals surface area contributed by atoms with E-state index in [1.54, 1.807) is 12.1 Å². The molecule has 0 fully saturated rings. The van der Waals surface area contributed by atoms with Gasteiger partial charge in [0.25, 0.3) is 5.56 Å². The fourth-order valence-electron chi connectivity index (χ4n) is 1.68. The molecule has 110 valence electrons. The molecule has 0 saturated carbocycles. The number of hydrogen-bond acceptors (Lipinski definition) is 4. The van der Waals surface area contributed by atoms with Gasteiger partial charge in [-0.05, 0) is 30.7 Å². The minimum Gasteiger partial charge on any atom is -0.493 e. The second kappa shape index (κ2) is 6.41. The lowest BCUT2D eigenvalue weighted by molar-refractivity contribution is 0.0694. The van der Waals surface area contributed by atoms with Gasteiger partial charge in [0, 0.05) is 17.6 Å². The molecule has 7 heteroatoms. The number of aromatic carboxylic acids is 1. The Morgan fingerprint density at radius 1 is 1.48 bits per heavy atom. The number of aromatic amines is 1. The van der Waals surface area contributed by atoms with Crippen molar-refractivity contribution >= 4 is 17.6 Å². The Hall–Kier alpha value is -2.34. The van der Waals surface area contributed by atoms with Gasteiger partial charge in [-0.1, -0.05) is 11.6 Å². The predicted octanol–water partition coefficient (Wildman–Crippen LogP) is 2.05. The summed E-state index contributed by atoms with van der Waals surface area (Å²) < 4.78 is 5.53. The smallest absolute Gasteiger partial charge is 0.342 e. The van der Waals surface area contributed by atoms with Crippen LogP contribution >= 0.6 is 11.6 Å². The number of aromatic nitrogens is 2. The molecule has 0 bridgehead atoms. The molecule has 0 radical (unpaired) electrons. The fraction of sp³-hybridized carbons (Fsp3) is 0.214. The zero-order valence-electron chi connectivity index (χ0n) is 11.2. The van der Waals surface area contributed by atoms with Crippen molar-refractivity contribution in [3.63, 3.8) is 0 Å². The van der Waals surface area contributed by atoms with Crippen molar-refractivity contribution in [1.82, 2.24) is 9.97 Å². The van der Waals surface area contributed by atoms with Crippen molar-refractivity contribution in [3.8, 4) is 5.75 Å². The maximum atomic E-state index is 11.5. The molecule has 6 nitrogen and oxygen atoms in total. The van der Waals surface area contributed by atoms with Gasteiger partial charge >= 0.3 is 5.97 Å². The van der Waals surface area contributed by atoms with Gasteiger partial charge < -0.3 is 14.8 Å². The number of benzene rings is 1. The molecule has 0 spiro atoms. The van der Waals surface area contributed by atoms with Gasteiger partial charge in [-0.25, -0.2) is 9.78 Å². The topological polar surface area (TPSA) is 92.3 Å². The monoisotopic (exact) mass is 308 g/mol. The third-order valence-electron chi connectivity index (χ3n) is 2.82. The Balaban J connectivity index is 1.97. The number of H-pyrrole nitrogens is 1. The molecular weight excluding hydrogens is 296 g/mol. The SMILES string of the molecule is Cc1cc(OCCc2ncc(C(=O)O)c(=O)[nH]2)ccc1Cl. The first-order chi connectivity index (χ1) is 9.97. The van der Waals surface area contributed by atoms with Crippen molar-refractivity contribution < 1.29 is 14.6 Å². The van der Waals surface area contributed by atoms with E-state index in [0.717, 1.165) is 11.8 Å². The summed E-state index contributed by atoms with van der Waals surface area (Å²) in [5, 5.41) is 9.40. The molecule has 0 unspecified atom stereocenters. The number of carboxylic acids is 1. The highest BCUT2D eigenvalue weighted by atomic mass is 35.5. The van der Waals surface area contributed by atoms with Crippen LogP contribution in [-0.2, 0) is 6.42 Å². The molecule has 0 aliphatic rings. The summed E-state index contributed by atoms with van der Waals surface area (Å²) in [6, 6.07) is 5.30. The second-order valence-electron chi connectivity index (χ2n) is 4.39. The van der Waals surface area contributed by atoms with Crippen LogP contribution in [-0.4, -0.2) is 27.7 Å². The number of carbonyl (C=O) groups is 1. The number of ether oxygens (including phenoxy) is 1. The fourth-order valence-corrected chi connectivity index (χ4v) is 1.80. The summed E-state index contributed by atoms with van der Waals surface area (Å²) in [4.78, 5) is 28.5. The summed E-state index contributed by atoms with van der Waals surface area (Å²) in [7, 11) is 0. The standard InChI is InChI=1S/C14H13ClN2O4/c1-8-6-9(2-3-11(8)15)21-5-4-12-16-7-10(14(19)20)13(18)17-12/h2-3,6-7H,4-5H2,1H3,(H,19,20)(H,16,17,18). The van der Waals surface area contributed by atoms with E-state index in [1.807, 2.05) is 13.0 Å². The van der Waals surface area contributed by atoms with Gasteiger partial charge in [-0.15, -0.1) is 0 Å². The van der Waals surface area contributed by atoms with E-state index in [0.29, 0.717) is 29.6 Å². The molecule has 1 aromatic carbocycles. The van der Waals surface area contributed by atoms with Gasteiger partial charge in [0.05, 0.1) is 6.61 Å². The highest BCUT2D eigenvalue weighted by Gasteiger charge is 2.09. The molecular formula is C14H13ClN2O4. The Kier molecular flexibility index (Phi) is 4.59. The quantitative estimate of drug-likeness (QED) is 0.882. The number of hydrogen-bond donors (Lipinski definition) is 2. The lowest BCUT2D eigenvalue weighted by Gasteiger charge is -2.07. The maximum absolute atomic E-state index is 11.5. The maximum Gasteiger partial charge on any atom is 0.342 e. The van der Waals surface area contributed by atoms with Crippen LogP contribution in [0.5, 0.6) is 5.75 Å². The molecule has 1 heterocycles. The van der Waals surface area contributed by atoms with Crippen LogP contribution in [0.2, 0.25) is 5.02 Å². The van der Waals surface area contributed by atoms with Gasteiger partial charge in [0.2, 0.25) is 0 Å². The molecule has 21 heavy (non-hydrogen) atoms. The van der Waals surface area contributed by atoms with E-state index >= 15 is 0 Å². The largest absolute Gasteiger partial charge is 0.493 e. The normalized spacial score (nSPS) is 10.4. The summed E-state index contributed by atoms with van der Waals surface area (Å²) in [6.45, 7) is 2.18. The molecule has 0 aliphatic heterocycles. The van der Waals surface area contributed by atoms with Crippen molar-refractivity contribution in [2.24, 2.45) is 0 Å². The molecule has 0 atom stereocenters. The summed E-state index contributed by atoms with van der Waals surface area (Å²) >= 11 is 5.92. The minimum absolute atomic E-state index is 0.302. The van der Waals surface area contributed by atoms with Crippen molar-refractivity contribution in [1.29, 1.82) is 0 Å².